The molecule has 0 fully saturated rings. The van der Waals surface area contributed by atoms with Crippen LogP contribution in [0, 0.1) is 12.7 Å². The number of rotatable bonds is 6. The maximum atomic E-state index is 12.9. The zero-order valence-corrected chi connectivity index (χ0v) is 13.4. The number of methoxy groups -OCH3 is 1. The Morgan fingerprint density at radius 3 is 2.52 bits per heavy atom. The van der Waals surface area contributed by atoms with Gasteiger partial charge >= 0.3 is 0 Å². The molecule has 2 aromatic carbocycles. The van der Waals surface area contributed by atoms with Crippen LogP contribution in [0.4, 0.5) is 4.39 Å². The first kappa shape index (κ1) is 16.8. The Bertz CT molecular complexity index is 670. The van der Waals surface area contributed by atoms with Crippen molar-refractivity contribution in [1.29, 1.82) is 0 Å². The van der Waals surface area contributed by atoms with E-state index >= 15 is 0 Å². The Hall–Kier alpha value is -2.56. The summed E-state index contributed by atoms with van der Waals surface area (Å²) in [6, 6.07) is 11.3. The molecule has 4 nitrogen and oxygen atoms in total. The Kier molecular flexibility index (Phi) is 5.57. The monoisotopic (exact) mass is 317 g/mol. The van der Waals surface area contributed by atoms with Crippen LogP contribution in [-0.2, 0) is 4.79 Å². The quantitative estimate of drug-likeness (QED) is 0.888. The van der Waals surface area contributed by atoms with Gasteiger partial charge in [0.15, 0.2) is 18.1 Å². The first-order chi connectivity index (χ1) is 11.0. The molecule has 0 heterocycles. The third-order valence-electron chi connectivity index (χ3n) is 3.43. The minimum absolute atomic E-state index is 0.120. The standard InChI is InChI=1S/C18H20FNO3/c1-12-4-9-16(17(10-12)22-3)23-11-18(21)20-13(2)14-5-7-15(19)8-6-14/h4-10,13H,11H2,1-3H3,(H,20,21)/t13-/m1/s1. The van der Waals surface area contributed by atoms with Crippen LogP contribution >= 0.6 is 0 Å². The number of benzene rings is 2. The van der Waals surface area contributed by atoms with Crippen molar-refractivity contribution in [2.75, 3.05) is 13.7 Å². The molecule has 0 bridgehead atoms. The van der Waals surface area contributed by atoms with E-state index in [1.807, 2.05) is 26.0 Å². The summed E-state index contributed by atoms with van der Waals surface area (Å²) >= 11 is 0. The van der Waals surface area contributed by atoms with Gasteiger partial charge in [-0.15, -0.1) is 0 Å². The van der Waals surface area contributed by atoms with E-state index in [0.29, 0.717) is 11.5 Å². The number of hydrogen-bond donors (Lipinski definition) is 1. The number of aryl methyl sites for hydroxylation is 1. The topological polar surface area (TPSA) is 47.6 Å². The van der Waals surface area contributed by atoms with Crippen molar-refractivity contribution in [3.05, 3.63) is 59.4 Å². The third kappa shape index (κ3) is 4.71. The molecule has 1 amide bonds. The number of carbonyl (C=O) groups excluding carboxylic acids is 1. The summed E-state index contributed by atoms with van der Waals surface area (Å²) in [7, 11) is 1.55. The van der Waals surface area contributed by atoms with E-state index in [2.05, 4.69) is 5.32 Å². The van der Waals surface area contributed by atoms with Crippen LogP contribution in [0.25, 0.3) is 0 Å². The van der Waals surface area contributed by atoms with Gasteiger partial charge in [-0.2, -0.15) is 0 Å². The number of nitrogens with one attached hydrogen (secondary N) is 1. The fraction of sp³-hybridized carbons (Fsp3) is 0.278. The van der Waals surface area contributed by atoms with Crippen molar-refractivity contribution in [3.8, 4) is 11.5 Å². The Balaban J connectivity index is 1.91. The number of hydrogen-bond acceptors (Lipinski definition) is 3. The van der Waals surface area contributed by atoms with Crippen LogP contribution < -0.4 is 14.8 Å². The Morgan fingerprint density at radius 2 is 1.87 bits per heavy atom. The lowest BCUT2D eigenvalue weighted by Gasteiger charge is -2.15. The Morgan fingerprint density at radius 1 is 1.17 bits per heavy atom. The van der Waals surface area contributed by atoms with E-state index in [1.54, 1.807) is 25.3 Å². The summed E-state index contributed by atoms with van der Waals surface area (Å²) in [5.41, 5.74) is 1.87. The normalized spacial score (nSPS) is 11.7. The van der Waals surface area contributed by atoms with Crippen molar-refractivity contribution in [2.24, 2.45) is 0 Å². The molecule has 0 aliphatic rings. The van der Waals surface area contributed by atoms with Gasteiger partial charge in [0.1, 0.15) is 5.82 Å². The Labute approximate surface area is 135 Å². The van der Waals surface area contributed by atoms with Crippen molar-refractivity contribution < 1.29 is 18.7 Å². The first-order valence-corrected chi connectivity index (χ1v) is 7.32. The SMILES string of the molecule is COc1cc(C)ccc1OCC(=O)N[C@H](C)c1ccc(F)cc1. The van der Waals surface area contributed by atoms with Crippen LogP contribution in [-0.4, -0.2) is 19.6 Å². The second kappa shape index (κ2) is 7.63. The van der Waals surface area contributed by atoms with Gasteiger partial charge < -0.3 is 14.8 Å². The van der Waals surface area contributed by atoms with E-state index in [1.165, 1.54) is 12.1 Å². The average Bonchev–Trinajstić information content (AvgIpc) is 2.54. The fourth-order valence-corrected chi connectivity index (χ4v) is 2.16. The van der Waals surface area contributed by atoms with Crippen molar-refractivity contribution >= 4 is 5.91 Å². The summed E-state index contributed by atoms with van der Waals surface area (Å²) in [6.07, 6.45) is 0. The summed E-state index contributed by atoms with van der Waals surface area (Å²) in [5.74, 6) is 0.540. The second-order valence-electron chi connectivity index (χ2n) is 5.28. The van der Waals surface area contributed by atoms with Crippen LogP contribution in [0.3, 0.4) is 0 Å². The predicted molar refractivity (Wildman–Crippen MR) is 86.2 cm³/mol. The molecule has 1 N–H and O–H groups in total. The molecule has 0 aromatic heterocycles. The highest BCUT2D eigenvalue weighted by atomic mass is 19.1. The van der Waals surface area contributed by atoms with Crippen molar-refractivity contribution in [3.63, 3.8) is 0 Å². The van der Waals surface area contributed by atoms with E-state index in [4.69, 9.17) is 9.47 Å². The lowest BCUT2D eigenvalue weighted by atomic mass is 10.1. The molecular weight excluding hydrogens is 297 g/mol. The molecule has 0 spiro atoms. The van der Waals surface area contributed by atoms with Gasteiger partial charge in [-0.3, -0.25) is 4.79 Å². The van der Waals surface area contributed by atoms with E-state index < -0.39 is 0 Å². The zero-order valence-electron chi connectivity index (χ0n) is 13.4. The molecule has 0 saturated carbocycles. The highest BCUT2D eigenvalue weighted by Gasteiger charge is 2.12. The van der Waals surface area contributed by atoms with Crippen LogP contribution in [0.15, 0.2) is 42.5 Å². The van der Waals surface area contributed by atoms with Gasteiger partial charge in [-0.25, -0.2) is 4.39 Å². The van der Waals surface area contributed by atoms with Crippen LogP contribution in [0.2, 0.25) is 0 Å². The van der Waals surface area contributed by atoms with Gasteiger partial charge in [-0.05, 0) is 49.2 Å². The molecule has 2 rings (SSSR count). The van der Waals surface area contributed by atoms with E-state index in [9.17, 15) is 9.18 Å². The molecule has 0 aliphatic heterocycles. The maximum absolute atomic E-state index is 12.9. The van der Waals surface area contributed by atoms with Crippen LogP contribution in [0.5, 0.6) is 11.5 Å². The fourth-order valence-electron chi connectivity index (χ4n) is 2.16. The lowest BCUT2D eigenvalue weighted by molar-refractivity contribution is -0.123. The lowest BCUT2D eigenvalue weighted by Crippen LogP contribution is -2.31. The molecule has 0 saturated heterocycles. The summed E-state index contributed by atoms with van der Waals surface area (Å²) in [5, 5.41) is 2.81. The second-order valence-corrected chi connectivity index (χ2v) is 5.28. The summed E-state index contributed by atoms with van der Waals surface area (Å²) in [6.45, 7) is 3.66. The molecule has 2 aromatic rings. The largest absolute Gasteiger partial charge is 0.493 e. The molecule has 122 valence electrons. The highest BCUT2D eigenvalue weighted by molar-refractivity contribution is 5.78. The average molecular weight is 317 g/mol. The zero-order chi connectivity index (χ0) is 16.8. The number of ether oxygens (including phenoxy) is 2. The minimum Gasteiger partial charge on any atom is -0.493 e. The molecule has 0 radical (unpaired) electrons. The van der Waals surface area contributed by atoms with Gasteiger partial charge in [0.25, 0.3) is 5.91 Å². The molecule has 0 unspecified atom stereocenters. The summed E-state index contributed by atoms with van der Waals surface area (Å²) < 4.78 is 23.6. The highest BCUT2D eigenvalue weighted by Crippen LogP contribution is 2.27. The van der Waals surface area contributed by atoms with Crippen molar-refractivity contribution in [2.45, 2.75) is 19.9 Å². The van der Waals surface area contributed by atoms with Gasteiger partial charge in [-0.1, -0.05) is 18.2 Å². The molecular formula is C18H20FNO3. The minimum atomic E-state index is -0.304. The smallest absolute Gasteiger partial charge is 0.258 e. The van der Waals surface area contributed by atoms with Crippen LogP contribution in [0.1, 0.15) is 24.1 Å². The number of carbonyl (C=O) groups is 1. The molecule has 23 heavy (non-hydrogen) atoms. The van der Waals surface area contributed by atoms with E-state index in [-0.39, 0.29) is 24.4 Å². The van der Waals surface area contributed by atoms with Crippen molar-refractivity contribution in [1.82, 2.24) is 5.32 Å². The van der Waals surface area contributed by atoms with E-state index in [0.717, 1.165) is 11.1 Å². The predicted octanol–water partition coefficient (Wildman–Crippen LogP) is 3.40. The maximum Gasteiger partial charge on any atom is 0.258 e. The molecule has 0 aliphatic carbocycles. The van der Waals surface area contributed by atoms with Gasteiger partial charge in [0.05, 0.1) is 13.2 Å². The third-order valence-corrected chi connectivity index (χ3v) is 3.43. The molecule has 5 heteroatoms. The number of halogens is 1. The molecule has 1 atom stereocenters. The van der Waals surface area contributed by atoms with Gasteiger partial charge in [0, 0.05) is 0 Å². The first-order valence-electron chi connectivity index (χ1n) is 7.32. The number of amides is 1. The summed E-state index contributed by atoms with van der Waals surface area (Å²) in [4.78, 5) is 12.0. The van der Waals surface area contributed by atoms with Gasteiger partial charge in [0.2, 0.25) is 0 Å².